The van der Waals surface area contributed by atoms with Crippen LogP contribution in [0, 0.1) is 5.92 Å². The van der Waals surface area contributed by atoms with E-state index in [1.807, 2.05) is 0 Å². The second kappa shape index (κ2) is 2.98. The summed E-state index contributed by atoms with van der Waals surface area (Å²) in [6, 6.07) is -0.230. The average Bonchev–Trinajstić information content (AvgIpc) is 1.88. The topological polar surface area (TPSA) is 72.5 Å². The molecule has 4 heteroatoms. The molecule has 0 radical (unpaired) electrons. The molecule has 1 saturated heterocycles. The van der Waals surface area contributed by atoms with Crippen LogP contribution in [0.3, 0.4) is 0 Å². The zero-order chi connectivity index (χ0) is 7.56. The first kappa shape index (κ1) is 7.50. The molecule has 0 spiro atoms. The lowest BCUT2D eigenvalue weighted by Gasteiger charge is -2.24. The molecule has 0 aromatic heterocycles. The number of hydrogen-bond acceptors (Lipinski definition) is 3. The Morgan fingerprint density at radius 1 is 1.70 bits per heavy atom. The van der Waals surface area contributed by atoms with Crippen molar-refractivity contribution in [3.05, 3.63) is 0 Å². The zero-order valence-corrected chi connectivity index (χ0v) is 5.62. The van der Waals surface area contributed by atoms with Crippen LogP contribution in [0.5, 0.6) is 0 Å². The van der Waals surface area contributed by atoms with Crippen LogP contribution in [-0.4, -0.2) is 30.3 Å². The molecule has 3 N–H and O–H groups in total. The van der Waals surface area contributed by atoms with Crippen LogP contribution in [0.1, 0.15) is 6.42 Å². The highest BCUT2D eigenvalue weighted by molar-refractivity contribution is 5.71. The van der Waals surface area contributed by atoms with E-state index in [0.29, 0.717) is 13.0 Å². The first-order valence-corrected chi connectivity index (χ1v) is 3.28. The first-order chi connectivity index (χ1) is 4.72. The molecule has 1 aliphatic rings. The third kappa shape index (κ3) is 1.46. The Hall–Kier alpha value is -0.610. The molecule has 0 aliphatic carbocycles. The van der Waals surface area contributed by atoms with E-state index < -0.39 is 11.9 Å². The molecule has 2 atom stereocenters. The number of hydrogen-bond donors (Lipinski definition) is 2. The Morgan fingerprint density at radius 2 is 2.40 bits per heavy atom. The molecule has 0 amide bonds. The molecule has 1 heterocycles. The van der Waals surface area contributed by atoms with Crippen LogP contribution in [0.25, 0.3) is 0 Å². The highest BCUT2D eigenvalue weighted by atomic mass is 16.5. The monoisotopic (exact) mass is 145 g/mol. The number of aliphatic carboxylic acids is 1. The van der Waals surface area contributed by atoms with Gasteiger partial charge in [-0.25, -0.2) is 0 Å². The summed E-state index contributed by atoms with van der Waals surface area (Å²) in [6.07, 6.45) is 0.650. The van der Waals surface area contributed by atoms with Gasteiger partial charge in [0.25, 0.3) is 0 Å². The standard InChI is InChI=1S/C6H11NO3/c7-5-1-2-10-3-4(5)6(8)9/h4-5H,1-3,7H2,(H,8,9)/t4-,5-/m1/s1. The molecule has 4 nitrogen and oxygen atoms in total. The smallest absolute Gasteiger partial charge is 0.310 e. The highest BCUT2D eigenvalue weighted by Crippen LogP contribution is 2.12. The van der Waals surface area contributed by atoms with E-state index in [-0.39, 0.29) is 12.6 Å². The number of nitrogens with two attached hydrogens (primary N) is 1. The Bertz CT molecular complexity index is 137. The molecule has 58 valence electrons. The molecule has 10 heavy (non-hydrogen) atoms. The summed E-state index contributed by atoms with van der Waals surface area (Å²) in [5, 5.41) is 8.55. The maximum absolute atomic E-state index is 10.4. The summed E-state index contributed by atoms with van der Waals surface area (Å²) in [4.78, 5) is 10.4. The molecule has 1 fully saturated rings. The van der Waals surface area contributed by atoms with Crippen molar-refractivity contribution in [3.8, 4) is 0 Å². The quantitative estimate of drug-likeness (QED) is 0.518. The van der Waals surface area contributed by atoms with E-state index in [4.69, 9.17) is 15.6 Å². The maximum atomic E-state index is 10.4. The minimum Gasteiger partial charge on any atom is -0.481 e. The summed E-state index contributed by atoms with van der Waals surface area (Å²) in [6.45, 7) is 0.849. The Balaban J connectivity index is 2.47. The van der Waals surface area contributed by atoms with Crippen molar-refractivity contribution in [2.24, 2.45) is 11.7 Å². The fourth-order valence-electron chi connectivity index (χ4n) is 1.01. The number of carbonyl (C=O) groups is 1. The molecule has 1 aliphatic heterocycles. The van der Waals surface area contributed by atoms with Crippen LogP contribution in [0.2, 0.25) is 0 Å². The fourth-order valence-corrected chi connectivity index (χ4v) is 1.01. The van der Waals surface area contributed by atoms with Gasteiger partial charge >= 0.3 is 5.97 Å². The maximum Gasteiger partial charge on any atom is 0.310 e. The van der Waals surface area contributed by atoms with Crippen LogP contribution < -0.4 is 5.73 Å². The van der Waals surface area contributed by atoms with Gasteiger partial charge in [0, 0.05) is 12.6 Å². The van der Waals surface area contributed by atoms with Gasteiger partial charge in [0.1, 0.15) is 0 Å². The number of ether oxygens (including phenoxy) is 1. The van der Waals surface area contributed by atoms with Crippen LogP contribution >= 0.6 is 0 Å². The van der Waals surface area contributed by atoms with Crippen molar-refractivity contribution in [3.63, 3.8) is 0 Å². The van der Waals surface area contributed by atoms with E-state index in [1.165, 1.54) is 0 Å². The minimum absolute atomic E-state index is 0.230. The molecule has 0 saturated carbocycles. The summed E-state index contributed by atoms with van der Waals surface area (Å²) < 4.78 is 4.95. The van der Waals surface area contributed by atoms with Gasteiger partial charge in [-0.05, 0) is 6.42 Å². The normalized spacial score (nSPS) is 33.7. The Kier molecular flexibility index (Phi) is 2.24. The zero-order valence-electron chi connectivity index (χ0n) is 5.62. The van der Waals surface area contributed by atoms with Crippen molar-refractivity contribution in [1.29, 1.82) is 0 Å². The molecular weight excluding hydrogens is 134 g/mol. The second-order valence-corrected chi connectivity index (χ2v) is 2.47. The van der Waals surface area contributed by atoms with E-state index in [9.17, 15) is 4.79 Å². The van der Waals surface area contributed by atoms with Gasteiger partial charge in [-0.1, -0.05) is 0 Å². The number of carboxylic acids is 1. The van der Waals surface area contributed by atoms with Crippen LogP contribution in [-0.2, 0) is 9.53 Å². The lowest BCUT2D eigenvalue weighted by molar-refractivity contribution is -0.146. The lowest BCUT2D eigenvalue weighted by Crippen LogP contribution is -2.42. The minimum atomic E-state index is -0.854. The predicted molar refractivity (Wildman–Crippen MR) is 34.5 cm³/mol. The second-order valence-electron chi connectivity index (χ2n) is 2.47. The largest absolute Gasteiger partial charge is 0.481 e. The van der Waals surface area contributed by atoms with Gasteiger partial charge in [0.05, 0.1) is 12.5 Å². The Morgan fingerprint density at radius 3 is 2.80 bits per heavy atom. The molecule has 0 aromatic rings. The summed E-state index contributed by atoms with van der Waals surface area (Å²) in [7, 11) is 0. The van der Waals surface area contributed by atoms with Crippen LogP contribution in [0.4, 0.5) is 0 Å². The van der Waals surface area contributed by atoms with Gasteiger partial charge in [-0.15, -0.1) is 0 Å². The lowest BCUT2D eigenvalue weighted by atomic mass is 9.97. The summed E-state index contributed by atoms with van der Waals surface area (Å²) in [5.41, 5.74) is 5.52. The molecule has 0 aromatic carbocycles. The van der Waals surface area contributed by atoms with Crippen molar-refractivity contribution in [1.82, 2.24) is 0 Å². The average molecular weight is 145 g/mol. The highest BCUT2D eigenvalue weighted by Gasteiger charge is 2.28. The van der Waals surface area contributed by atoms with Crippen molar-refractivity contribution in [2.45, 2.75) is 12.5 Å². The predicted octanol–water partition coefficient (Wildman–Crippen LogP) is -0.565. The Labute approximate surface area is 59.0 Å². The van der Waals surface area contributed by atoms with Crippen molar-refractivity contribution < 1.29 is 14.6 Å². The van der Waals surface area contributed by atoms with E-state index in [1.54, 1.807) is 0 Å². The molecule has 0 bridgehead atoms. The van der Waals surface area contributed by atoms with Gasteiger partial charge in [0.15, 0.2) is 0 Å². The summed E-state index contributed by atoms with van der Waals surface area (Å²) in [5.74, 6) is -1.36. The SMILES string of the molecule is N[C@@H]1CCOC[C@H]1C(=O)O. The first-order valence-electron chi connectivity index (χ1n) is 3.28. The van der Waals surface area contributed by atoms with E-state index in [0.717, 1.165) is 0 Å². The van der Waals surface area contributed by atoms with E-state index >= 15 is 0 Å². The van der Waals surface area contributed by atoms with Gasteiger partial charge in [-0.2, -0.15) is 0 Å². The number of carboxylic acid groups (broad SMARTS) is 1. The van der Waals surface area contributed by atoms with Gasteiger partial charge < -0.3 is 15.6 Å². The molecule has 0 unspecified atom stereocenters. The van der Waals surface area contributed by atoms with E-state index in [2.05, 4.69) is 0 Å². The molecular formula is C6H11NO3. The summed E-state index contributed by atoms with van der Waals surface area (Å²) >= 11 is 0. The fraction of sp³-hybridized carbons (Fsp3) is 0.833. The van der Waals surface area contributed by atoms with Crippen molar-refractivity contribution in [2.75, 3.05) is 13.2 Å². The molecule has 1 rings (SSSR count). The third-order valence-corrected chi connectivity index (χ3v) is 1.73. The van der Waals surface area contributed by atoms with Gasteiger partial charge in [-0.3, -0.25) is 4.79 Å². The van der Waals surface area contributed by atoms with Gasteiger partial charge in [0.2, 0.25) is 0 Å². The van der Waals surface area contributed by atoms with Crippen molar-refractivity contribution >= 4 is 5.97 Å². The van der Waals surface area contributed by atoms with Crippen LogP contribution in [0.15, 0.2) is 0 Å². The number of rotatable bonds is 1. The third-order valence-electron chi connectivity index (χ3n) is 1.73.